The summed E-state index contributed by atoms with van der Waals surface area (Å²) in [5.74, 6) is 1.83. The first-order valence-electron chi connectivity index (χ1n) is 12.3. The third kappa shape index (κ3) is 6.42. The lowest BCUT2D eigenvalue weighted by molar-refractivity contribution is 0.0964. The highest BCUT2D eigenvalue weighted by atomic mass is 35.5. The Bertz CT molecular complexity index is 1320. The number of carbonyl (C=O) groups is 1. The molecule has 0 bridgehead atoms. The highest BCUT2D eigenvalue weighted by molar-refractivity contribution is 5.97. The summed E-state index contributed by atoms with van der Waals surface area (Å²) in [7, 11) is 1.57. The van der Waals surface area contributed by atoms with E-state index in [0.717, 1.165) is 11.1 Å². The van der Waals surface area contributed by atoms with Crippen LogP contribution in [0.15, 0.2) is 18.2 Å². The van der Waals surface area contributed by atoms with Crippen molar-refractivity contribution in [1.82, 2.24) is 19.4 Å². The average Bonchev–Trinajstić information content (AvgIpc) is 3.61. The van der Waals surface area contributed by atoms with Gasteiger partial charge in [-0.2, -0.15) is 4.52 Å². The number of hydrogen-bond donors (Lipinski definition) is 2. The predicted octanol–water partition coefficient (Wildman–Crippen LogP) is 3.48. The largest absolute Gasteiger partial charge is 0.493 e. The number of carbonyl (C=O) groups excluding carboxylic acids is 1. The van der Waals surface area contributed by atoms with E-state index in [1.807, 2.05) is 39.8 Å². The molecule has 1 aliphatic rings. The van der Waals surface area contributed by atoms with Crippen LogP contribution in [0.2, 0.25) is 0 Å². The number of nitrogens with zero attached hydrogens (tertiary/aromatic N) is 4. The normalized spacial score (nSPS) is 13.4. The van der Waals surface area contributed by atoms with E-state index < -0.39 is 0 Å². The van der Waals surface area contributed by atoms with E-state index in [9.17, 15) is 4.79 Å². The molecule has 0 aliphatic heterocycles. The molecule has 0 radical (unpaired) electrons. The van der Waals surface area contributed by atoms with E-state index >= 15 is 0 Å². The van der Waals surface area contributed by atoms with Crippen LogP contribution in [0.25, 0.3) is 5.65 Å². The number of fused-ring (bicyclic) bond motifs is 1. The Morgan fingerprint density at radius 1 is 1.19 bits per heavy atom. The van der Waals surface area contributed by atoms with Crippen LogP contribution in [0.1, 0.15) is 61.5 Å². The van der Waals surface area contributed by atoms with Crippen LogP contribution in [0.5, 0.6) is 17.4 Å². The zero-order valence-corrected chi connectivity index (χ0v) is 22.9. The van der Waals surface area contributed by atoms with Crippen molar-refractivity contribution < 1.29 is 24.1 Å². The van der Waals surface area contributed by atoms with E-state index in [4.69, 9.17) is 24.7 Å². The number of aliphatic hydroxyl groups excluding tert-OH is 1. The number of nitrogens with one attached hydrogen (secondary N) is 1. The van der Waals surface area contributed by atoms with Gasteiger partial charge < -0.3 is 19.3 Å². The number of rotatable bonds is 11. The van der Waals surface area contributed by atoms with Crippen molar-refractivity contribution in [2.45, 2.75) is 58.9 Å². The molecule has 3 aromatic rings. The van der Waals surface area contributed by atoms with Crippen LogP contribution >= 0.6 is 12.4 Å². The van der Waals surface area contributed by atoms with Gasteiger partial charge in [0.25, 0.3) is 0 Å². The number of aromatic nitrogens is 4. The molecule has 2 aromatic heterocycles. The molecule has 11 heteroatoms. The molecule has 0 saturated heterocycles. The lowest BCUT2D eigenvalue weighted by Gasteiger charge is -2.25. The van der Waals surface area contributed by atoms with Crippen molar-refractivity contribution in [3.8, 4) is 17.4 Å². The van der Waals surface area contributed by atoms with Crippen molar-refractivity contribution >= 4 is 23.8 Å². The number of benzene rings is 1. The van der Waals surface area contributed by atoms with E-state index in [-0.39, 0.29) is 42.4 Å². The minimum absolute atomic E-state index is 0. The molecular formula is C26H36ClN5O5. The van der Waals surface area contributed by atoms with Gasteiger partial charge in [0, 0.05) is 35.8 Å². The fraction of sp³-hybridized carbons (Fsp3) is 0.538. The molecular weight excluding hydrogens is 498 g/mol. The fourth-order valence-electron chi connectivity index (χ4n) is 3.91. The highest BCUT2D eigenvalue weighted by Crippen LogP contribution is 2.40. The zero-order chi connectivity index (χ0) is 26.0. The number of hydrogen-bond acceptors (Lipinski definition) is 8. The van der Waals surface area contributed by atoms with Crippen molar-refractivity contribution in [1.29, 1.82) is 5.41 Å². The van der Waals surface area contributed by atoms with Gasteiger partial charge in [0.15, 0.2) is 22.9 Å². The summed E-state index contributed by atoms with van der Waals surface area (Å²) in [5, 5.41) is 26.6. The van der Waals surface area contributed by atoms with Gasteiger partial charge >= 0.3 is 0 Å². The van der Waals surface area contributed by atoms with Crippen LogP contribution in [-0.2, 0) is 12.0 Å². The van der Waals surface area contributed by atoms with E-state index in [1.54, 1.807) is 13.2 Å². The highest BCUT2D eigenvalue weighted by Gasteiger charge is 2.26. The van der Waals surface area contributed by atoms with Gasteiger partial charge in [-0.1, -0.05) is 20.8 Å². The second kappa shape index (κ2) is 11.5. The molecule has 1 fully saturated rings. The molecule has 0 amide bonds. The topological polar surface area (TPSA) is 124 Å². The Morgan fingerprint density at radius 3 is 2.54 bits per heavy atom. The van der Waals surface area contributed by atoms with Gasteiger partial charge in [0.2, 0.25) is 11.5 Å². The second-order valence-corrected chi connectivity index (χ2v) is 10.3. The van der Waals surface area contributed by atoms with Crippen molar-refractivity contribution in [2.24, 2.45) is 5.92 Å². The Kier molecular flexibility index (Phi) is 8.86. The molecule has 2 N–H and O–H groups in total. The summed E-state index contributed by atoms with van der Waals surface area (Å²) in [6, 6.07) is 5.28. The second-order valence-electron chi connectivity index (χ2n) is 10.3. The minimum atomic E-state index is -0.314. The van der Waals surface area contributed by atoms with Crippen molar-refractivity contribution in [3.05, 3.63) is 40.5 Å². The number of Topliss-reactive ketones (excluding diaryl/α,β-unsaturated/α-hetero) is 1. The molecule has 37 heavy (non-hydrogen) atoms. The Hall–Kier alpha value is -3.11. The molecule has 1 aliphatic carbocycles. The van der Waals surface area contributed by atoms with Crippen molar-refractivity contribution in [3.63, 3.8) is 0 Å². The predicted molar refractivity (Wildman–Crippen MR) is 140 cm³/mol. The molecule has 202 valence electrons. The van der Waals surface area contributed by atoms with Crippen LogP contribution in [0, 0.1) is 18.3 Å². The van der Waals surface area contributed by atoms with Gasteiger partial charge in [-0.05, 0) is 43.2 Å². The van der Waals surface area contributed by atoms with E-state index in [0.29, 0.717) is 54.1 Å². The quantitative estimate of drug-likeness (QED) is 0.285. The number of aryl methyl sites for hydroxylation is 1. The first-order chi connectivity index (χ1) is 17.1. The maximum Gasteiger partial charge on any atom is 0.242 e. The third-order valence-electron chi connectivity index (χ3n) is 6.16. The average molecular weight is 534 g/mol. The van der Waals surface area contributed by atoms with Gasteiger partial charge in [-0.3, -0.25) is 10.2 Å². The lowest BCUT2D eigenvalue weighted by atomic mass is 9.84. The van der Waals surface area contributed by atoms with Gasteiger partial charge in [0.1, 0.15) is 6.54 Å². The molecule has 0 atom stereocenters. The van der Waals surface area contributed by atoms with E-state index in [2.05, 4.69) is 10.2 Å². The first-order valence-corrected chi connectivity index (χ1v) is 12.3. The minimum Gasteiger partial charge on any atom is -0.493 e. The van der Waals surface area contributed by atoms with E-state index in [1.165, 1.54) is 22.0 Å². The van der Waals surface area contributed by atoms with Crippen LogP contribution in [-0.4, -0.2) is 57.2 Å². The molecule has 1 saturated carbocycles. The van der Waals surface area contributed by atoms with Crippen LogP contribution in [0.3, 0.4) is 0 Å². The molecule has 0 spiro atoms. The zero-order valence-electron chi connectivity index (χ0n) is 22.0. The maximum atomic E-state index is 13.4. The number of ether oxygens (including phenoxy) is 3. The van der Waals surface area contributed by atoms with Crippen LogP contribution in [0.4, 0.5) is 0 Å². The Morgan fingerprint density at radius 2 is 1.92 bits per heavy atom. The summed E-state index contributed by atoms with van der Waals surface area (Å²) in [5.41, 5.74) is 2.25. The number of ketones is 1. The molecule has 0 unspecified atom stereocenters. The Labute approximate surface area is 222 Å². The lowest BCUT2D eigenvalue weighted by Crippen LogP contribution is -2.26. The number of methoxy groups -OCH3 is 1. The smallest absolute Gasteiger partial charge is 0.242 e. The fourth-order valence-corrected chi connectivity index (χ4v) is 3.91. The summed E-state index contributed by atoms with van der Waals surface area (Å²) in [6.45, 7) is 8.77. The summed E-state index contributed by atoms with van der Waals surface area (Å²) in [4.78, 5) is 13.4. The molecule has 4 rings (SSSR count). The number of aliphatic hydroxyl groups is 1. The van der Waals surface area contributed by atoms with Gasteiger partial charge in [-0.15, -0.1) is 22.6 Å². The molecule has 2 heterocycles. The molecule has 10 nitrogen and oxygen atoms in total. The maximum absolute atomic E-state index is 13.4. The third-order valence-corrected chi connectivity index (χ3v) is 6.16. The monoisotopic (exact) mass is 533 g/mol. The van der Waals surface area contributed by atoms with Gasteiger partial charge in [-0.25, -0.2) is 4.68 Å². The Balaban J connectivity index is 0.00000380. The standard InChI is InChI=1S/C26H35N5O5.ClH/c1-16-11-22(36-15-17-7-8-17)28-31-24(16)29-30(25(31)27)14-20(33)18-12-19(26(2,3)4)23(34-5)21(13-18)35-10-6-9-32;/h11-13,17,27,32H,6-10,14-15H2,1-5H3;1H. The first kappa shape index (κ1) is 28.5. The van der Waals surface area contributed by atoms with Crippen LogP contribution < -0.4 is 19.8 Å². The van der Waals surface area contributed by atoms with Gasteiger partial charge in [0.05, 0.1) is 20.3 Å². The SMILES string of the molecule is COc1c(OCCCO)cc(C(=O)Cn2nc3c(C)cc(OCC4CC4)nn3c2=N)cc1C(C)(C)C.Cl. The summed E-state index contributed by atoms with van der Waals surface area (Å²) >= 11 is 0. The number of halogens is 1. The summed E-state index contributed by atoms with van der Waals surface area (Å²) < 4.78 is 20.0. The van der Waals surface area contributed by atoms with Crippen molar-refractivity contribution in [2.75, 3.05) is 26.9 Å². The molecule has 1 aromatic carbocycles. The summed E-state index contributed by atoms with van der Waals surface area (Å²) in [6.07, 6.45) is 2.81.